The molecule has 1 nitrogen and oxygen atoms in total. The predicted octanol–water partition coefficient (Wildman–Crippen LogP) is 1.42. The fraction of sp³-hybridized carbons (Fsp3) is 0.500. The molecular formula is C8H14OSi. The van der Waals surface area contributed by atoms with Gasteiger partial charge in [0.15, 0.2) is 0 Å². The molecule has 0 rings (SSSR count). The first kappa shape index (κ1) is 9.48. The molecule has 0 amide bonds. The van der Waals surface area contributed by atoms with Crippen molar-refractivity contribution in [2.75, 3.05) is 6.61 Å². The van der Waals surface area contributed by atoms with Crippen molar-refractivity contribution in [3.63, 3.8) is 0 Å². The molecule has 0 heterocycles. The smallest absolute Gasteiger partial charge is 0.129 e. The molecule has 0 atom stereocenters. The van der Waals surface area contributed by atoms with Gasteiger partial charge in [-0.1, -0.05) is 31.6 Å². The highest BCUT2D eigenvalue weighted by molar-refractivity contribution is 6.83. The Labute approximate surface area is 63.8 Å². The molecule has 2 heteroatoms. The number of hydrogen-bond donors (Lipinski definition) is 1. The maximum absolute atomic E-state index is 8.35. The van der Waals surface area contributed by atoms with Gasteiger partial charge in [-0.2, -0.15) is 0 Å². The molecule has 0 aliphatic heterocycles. The van der Waals surface area contributed by atoms with E-state index in [4.69, 9.17) is 5.11 Å². The molecule has 0 bridgehead atoms. The molecular weight excluding hydrogens is 140 g/mol. The summed E-state index contributed by atoms with van der Waals surface area (Å²) in [7, 11) is -1.20. The van der Waals surface area contributed by atoms with Crippen LogP contribution in [0.2, 0.25) is 19.6 Å². The topological polar surface area (TPSA) is 20.2 Å². The average molecular weight is 154 g/mol. The lowest BCUT2D eigenvalue weighted by Crippen LogP contribution is -2.16. The van der Waals surface area contributed by atoms with Crippen LogP contribution in [0.3, 0.4) is 0 Å². The van der Waals surface area contributed by atoms with Crippen LogP contribution in [-0.2, 0) is 0 Å². The van der Waals surface area contributed by atoms with E-state index in [1.165, 1.54) is 0 Å². The molecule has 0 aromatic heterocycles. The van der Waals surface area contributed by atoms with Crippen molar-refractivity contribution in [1.82, 2.24) is 0 Å². The summed E-state index contributed by atoms with van der Waals surface area (Å²) in [6.45, 7) is 6.65. The predicted molar refractivity (Wildman–Crippen MR) is 47.3 cm³/mol. The molecule has 0 aliphatic rings. The number of hydrogen-bond acceptors (Lipinski definition) is 1. The number of aliphatic hydroxyl groups is 1. The second kappa shape index (κ2) is 4.32. The van der Waals surface area contributed by atoms with Gasteiger partial charge in [0, 0.05) is 0 Å². The van der Waals surface area contributed by atoms with Crippen molar-refractivity contribution in [1.29, 1.82) is 0 Å². The third-order valence-corrected chi connectivity index (χ3v) is 1.65. The summed E-state index contributed by atoms with van der Waals surface area (Å²) < 4.78 is 0. The molecule has 0 unspecified atom stereocenters. The second-order valence-electron chi connectivity index (χ2n) is 3.10. The summed E-state index contributed by atoms with van der Waals surface area (Å²) in [5.41, 5.74) is 3.15. The lowest BCUT2D eigenvalue weighted by Gasteiger charge is -2.01. The summed E-state index contributed by atoms with van der Waals surface area (Å²) in [6, 6.07) is 0. The van der Waals surface area contributed by atoms with Crippen LogP contribution in [0, 0.1) is 11.5 Å². The summed E-state index contributed by atoms with van der Waals surface area (Å²) in [5.74, 6) is 2.90. The van der Waals surface area contributed by atoms with Gasteiger partial charge in [0.2, 0.25) is 0 Å². The van der Waals surface area contributed by atoms with Crippen LogP contribution in [0.4, 0.5) is 0 Å². The highest BCUT2D eigenvalue weighted by Crippen LogP contribution is 1.95. The minimum absolute atomic E-state index is 0.0837. The van der Waals surface area contributed by atoms with E-state index in [0.717, 1.165) is 0 Å². The Bertz CT molecular complexity index is 166. The largest absolute Gasteiger partial charge is 0.392 e. The van der Waals surface area contributed by atoms with E-state index in [2.05, 4.69) is 31.1 Å². The van der Waals surface area contributed by atoms with Crippen molar-refractivity contribution < 1.29 is 5.11 Å². The fourth-order valence-corrected chi connectivity index (χ4v) is 0.886. The van der Waals surface area contributed by atoms with E-state index in [0.29, 0.717) is 0 Å². The second-order valence-corrected chi connectivity index (χ2v) is 7.85. The summed E-state index contributed by atoms with van der Waals surface area (Å²) >= 11 is 0. The lowest BCUT2D eigenvalue weighted by atomic mass is 10.5. The van der Waals surface area contributed by atoms with Gasteiger partial charge in [0.25, 0.3) is 0 Å². The van der Waals surface area contributed by atoms with E-state index in [1.807, 2.05) is 0 Å². The Morgan fingerprint density at radius 1 is 1.40 bits per heavy atom. The molecule has 0 aromatic rings. The van der Waals surface area contributed by atoms with E-state index in [-0.39, 0.29) is 6.61 Å². The van der Waals surface area contributed by atoms with Crippen molar-refractivity contribution >= 4 is 8.07 Å². The molecule has 1 N–H and O–H groups in total. The number of rotatable bonds is 1. The monoisotopic (exact) mass is 154 g/mol. The summed E-state index contributed by atoms with van der Waals surface area (Å²) in [6.07, 6.45) is 3.35. The van der Waals surface area contributed by atoms with Gasteiger partial charge in [0.1, 0.15) is 8.07 Å². The Balaban J connectivity index is 3.81. The van der Waals surface area contributed by atoms with Gasteiger partial charge in [0.05, 0.1) is 6.61 Å². The first-order chi connectivity index (χ1) is 4.56. The van der Waals surface area contributed by atoms with Crippen LogP contribution in [-0.4, -0.2) is 19.8 Å². The normalized spacial score (nSPS) is 11.2. The van der Waals surface area contributed by atoms with Crippen LogP contribution >= 0.6 is 0 Å². The van der Waals surface area contributed by atoms with Gasteiger partial charge in [-0.25, -0.2) is 0 Å². The zero-order valence-corrected chi connectivity index (χ0v) is 7.81. The molecule has 0 saturated carbocycles. The Morgan fingerprint density at radius 2 is 2.00 bits per heavy atom. The summed E-state index contributed by atoms with van der Waals surface area (Å²) in [5, 5.41) is 8.35. The number of allylic oxidation sites excluding steroid dienone is 1. The average Bonchev–Trinajstić information content (AvgIpc) is 1.78. The molecule has 0 spiro atoms. The van der Waals surface area contributed by atoms with Gasteiger partial charge < -0.3 is 5.11 Å². The standard InChI is InChI=1S/C8H14OSi/c1-10(2,3)8-6-4-5-7-9/h4-5,9H,7H2,1-3H3. The Hall–Kier alpha value is -0.523. The highest BCUT2D eigenvalue weighted by atomic mass is 28.3. The van der Waals surface area contributed by atoms with Gasteiger partial charge in [-0.3, -0.25) is 0 Å². The fourth-order valence-electron chi connectivity index (χ4n) is 0.370. The molecule has 10 heavy (non-hydrogen) atoms. The maximum atomic E-state index is 8.35. The molecule has 0 fully saturated rings. The van der Waals surface area contributed by atoms with Crippen LogP contribution < -0.4 is 0 Å². The third kappa shape index (κ3) is 7.48. The third-order valence-electron chi connectivity index (χ3n) is 0.754. The zero-order chi connectivity index (χ0) is 8.04. The van der Waals surface area contributed by atoms with E-state index < -0.39 is 8.07 Å². The Kier molecular flexibility index (Phi) is 4.09. The quantitative estimate of drug-likeness (QED) is 0.447. The maximum Gasteiger partial charge on any atom is 0.129 e. The summed E-state index contributed by atoms with van der Waals surface area (Å²) in [4.78, 5) is 0. The first-order valence-corrected chi connectivity index (χ1v) is 6.85. The van der Waals surface area contributed by atoms with E-state index in [9.17, 15) is 0 Å². The van der Waals surface area contributed by atoms with Crippen molar-refractivity contribution in [3.05, 3.63) is 12.2 Å². The van der Waals surface area contributed by atoms with Crippen LogP contribution in [0.25, 0.3) is 0 Å². The van der Waals surface area contributed by atoms with E-state index >= 15 is 0 Å². The molecule has 0 radical (unpaired) electrons. The van der Waals surface area contributed by atoms with Crippen LogP contribution in [0.15, 0.2) is 12.2 Å². The lowest BCUT2D eigenvalue weighted by molar-refractivity contribution is 0.343. The highest BCUT2D eigenvalue weighted by Gasteiger charge is 2.06. The minimum Gasteiger partial charge on any atom is -0.392 e. The van der Waals surface area contributed by atoms with Crippen LogP contribution in [0.1, 0.15) is 0 Å². The van der Waals surface area contributed by atoms with Crippen molar-refractivity contribution in [3.8, 4) is 11.5 Å². The molecule has 0 aliphatic carbocycles. The minimum atomic E-state index is -1.20. The Morgan fingerprint density at radius 3 is 2.40 bits per heavy atom. The molecule has 0 aromatic carbocycles. The van der Waals surface area contributed by atoms with Gasteiger partial charge in [-0.05, 0) is 6.08 Å². The van der Waals surface area contributed by atoms with E-state index in [1.54, 1.807) is 12.2 Å². The van der Waals surface area contributed by atoms with Crippen molar-refractivity contribution in [2.45, 2.75) is 19.6 Å². The zero-order valence-electron chi connectivity index (χ0n) is 6.81. The van der Waals surface area contributed by atoms with Gasteiger partial charge >= 0.3 is 0 Å². The SMILES string of the molecule is C[Si](C)(C)C#CC=CCO. The van der Waals surface area contributed by atoms with Crippen LogP contribution in [0.5, 0.6) is 0 Å². The number of aliphatic hydroxyl groups excluding tert-OH is 1. The van der Waals surface area contributed by atoms with Gasteiger partial charge in [-0.15, -0.1) is 5.54 Å². The van der Waals surface area contributed by atoms with Crippen molar-refractivity contribution in [2.24, 2.45) is 0 Å². The first-order valence-electron chi connectivity index (χ1n) is 3.35. The molecule has 0 saturated heterocycles. The molecule has 56 valence electrons.